The molecule has 106 valence electrons. The summed E-state index contributed by atoms with van der Waals surface area (Å²) < 4.78 is 0. The van der Waals surface area contributed by atoms with Gasteiger partial charge >= 0.3 is 0 Å². The second-order valence-electron chi connectivity index (χ2n) is 5.37. The van der Waals surface area contributed by atoms with Crippen LogP contribution < -0.4 is 10.6 Å². The minimum Gasteiger partial charge on any atom is -0.0750 e. The third-order valence-corrected chi connectivity index (χ3v) is 10.0. The van der Waals surface area contributed by atoms with Crippen LogP contribution in [0, 0.1) is 0 Å². The van der Waals surface area contributed by atoms with Crippen LogP contribution in [0.3, 0.4) is 0 Å². The van der Waals surface area contributed by atoms with Crippen LogP contribution in [0.5, 0.6) is 0 Å². The van der Waals surface area contributed by atoms with Crippen LogP contribution in [0.15, 0.2) is 60.7 Å². The third-order valence-electron chi connectivity index (χ3n) is 4.25. The van der Waals surface area contributed by atoms with Gasteiger partial charge in [-0.1, -0.05) is 90.4 Å². The van der Waals surface area contributed by atoms with E-state index in [-0.39, 0.29) is 15.8 Å². The standard InChI is InChI=1S/C18H24P2/c1-15(19(3)17-11-7-5-8-12-17)16(2)20(4)18-13-9-6-10-14-18/h5-16H,1-4H3. The molecule has 20 heavy (non-hydrogen) atoms. The van der Waals surface area contributed by atoms with Crippen molar-refractivity contribution in [3.8, 4) is 0 Å². The first kappa shape index (κ1) is 15.7. The highest BCUT2D eigenvalue weighted by atomic mass is 31.1. The average molecular weight is 302 g/mol. The molecule has 2 heteroatoms. The Balaban J connectivity index is 2.10. The number of benzene rings is 2. The van der Waals surface area contributed by atoms with Gasteiger partial charge in [-0.05, 0) is 35.3 Å². The van der Waals surface area contributed by atoms with E-state index in [2.05, 4.69) is 87.8 Å². The smallest absolute Gasteiger partial charge is 0.0132 e. The van der Waals surface area contributed by atoms with Gasteiger partial charge in [0.05, 0.1) is 0 Å². The molecular weight excluding hydrogens is 278 g/mol. The monoisotopic (exact) mass is 302 g/mol. The molecule has 0 aliphatic rings. The normalized spacial score (nSPS) is 17.2. The largest absolute Gasteiger partial charge is 0.0750 e. The van der Waals surface area contributed by atoms with Gasteiger partial charge in [-0.25, -0.2) is 0 Å². The SMILES string of the molecule is CC(C(C)P(C)c1ccccc1)P(C)c1ccccc1. The van der Waals surface area contributed by atoms with E-state index >= 15 is 0 Å². The Hall–Kier alpha value is -0.700. The van der Waals surface area contributed by atoms with Gasteiger partial charge in [-0.15, -0.1) is 0 Å². The van der Waals surface area contributed by atoms with Crippen molar-refractivity contribution < 1.29 is 0 Å². The topological polar surface area (TPSA) is 0 Å². The first-order valence-corrected chi connectivity index (χ1v) is 10.9. The molecule has 0 bridgehead atoms. The molecular formula is C18H24P2. The predicted octanol–water partition coefficient (Wildman–Crippen LogP) is 4.64. The molecule has 2 rings (SSSR count). The minimum atomic E-state index is -0.0829. The predicted molar refractivity (Wildman–Crippen MR) is 96.8 cm³/mol. The minimum absolute atomic E-state index is 0.0829. The Morgan fingerprint density at radius 3 is 1.20 bits per heavy atom. The van der Waals surface area contributed by atoms with E-state index < -0.39 is 0 Å². The Morgan fingerprint density at radius 1 is 0.600 bits per heavy atom. The molecule has 0 nitrogen and oxygen atoms in total. The Labute approximate surface area is 126 Å². The molecule has 0 heterocycles. The number of hydrogen-bond acceptors (Lipinski definition) is 0. The van der Waals surface area contributed by atoms with Crippen LogP contribution >= 0.6 is 15.8 Å². The zero-order valence-electron chi connectivity index (χ0n) is 12.8. The maximum Gasteiger partial charge on any atom is -0.0132 e. The van der Waals surface area contributed by atoms with Crippen molar-refractivity contribution in [2.24, 2.45) is 0 Å². The second kappa shape index (κ2) is 7.35. The van der Waals surface area contributed by atoms with E-state index in [1.54, 1.807) is 0 Å². The van der Waals surface area contributed by atoms with Gasteiger partial charge in [0.1, 0.15) is 0 Å². The molecule has 0 aliphatic heterocycles. The van der Waals surface area contributed by atoms with Gasteiger partial charge in [-0.2, -0.15) is 0 Å². The molecule has 0 aromatic heterocycles. The molecule has 2 aromatic rings. The molecule has 0 N–H and O–H groups in total. The van der Waals surface area contributed by atoms with Crippen molar-refractivity contribution in [1.29, 1.82) is 0 Å². The first-order chi connectivity index (χ1) is 9.61. The van der Waals surface area contributed by atoms with Gasteiger partial charge in [0, 0.05) is 0 Å². The summed E-state index contributed by atoms with van der Waals surface area (Å²) in [4.78, 5) is 0. The van der Waals surface area contributed by atoms with E-state index in [1.165, 1.54) is 10.6 Å². The lowest BCUT2D eigenvalue weighted by Gasteiger charge is -2.31. The summed E-state index contributed by atoms with van der Waals surface area (Å²) >= 11 is 0. The van der Waals surface area contributed by atoms with E-state index in [9.17, 15) is 0 Å². The van der Waals surface area contributed by atoms with E-state index in [1.807, 2.05) is 0 Å². The zero-order chi connectivity index (χ0) is 14.5. The highest BCUT2D eigenvalue weighted by Gasteiger charge is 2.25. The summed E-state index contributed by atoms with van der Waals surface area (Å²) in [7, 11) is -0.166. The fraction of sp³-hybridized carbons (Fsp3) is 0.333. The fourth-order valence-corrected chi connectivity index (χ4v) is 7.16. The van der Waals surface area contributed by atoms with Crippen LogP contribution in [0.1, 0.15) is 13.8 Å². The summed E-state index contributed by atoms with van der Waals surface area (Å²) in [6.07, 6.45) is 0. The van der Waals surface area contributed by atoms with Crippen LogP contribution in [-0.2, 0) is 0 Å². The van der Waals surface area contributed by atoms with Crippen molar-refractivity contribution in [1.82, 2.24) is 0 Å². The number of hydrogen-bond donors (Lipinski definition) is 0. The van der Waals surface area contributed by atoms with Crippen molar-refractivity contribution in [2.45, 2.75) is 25.2 Å². The summed E-state index contributed by atoms with van der Waals surface area (Å²) in [6.45, 7) is 9.73. The highest BCUT2D eigenvalue weighted by Crippen LogP contribution is 2.48. The Bertz CT molecular complexity index is 460. The molecule has 0 fully saturated rings. The van der Waals surface area contributed by atoms with Crippen molar-refractivity contribution >= 4 is 26.5 Å². The summed E-state index contributed by atoms with van der Waals surface area (Å²) in [5.74, 6) is 0. The maximum atomic E-state index is 2.44. The molecule has 2 aromatic carbocycles. The lowest BCUT2D eigenvalue weighted by Crippen LogP contribution is -2.23. The number of rotatable bonds is 5. The summed E-state index contributed by atoms with van der Waals surface area (Å²) in [5.41, 5.74) is 1.51. The fourth-order valence-electron chi connectivity index (χ4n) is 2.44. The van der Waals surface area contributed by atoms with E-state index in [0.717, 1.165) is 11.3 Å². The van der Waals surface area contributed by atoms with E-state index in [4.69, 9.17) is 0 Å². The van der Waals surface area contributed by atoms with Crippen LogP contribution in [0.25, 0.3) is 0 Å². The lowest BCUT2D eigenvalue weighted by atomic mass is 10.3. The first-order valence-electron chi connectivity index (χ1n) is 7.17. The second-order valence-corrected chi connectivity index (χ2v) is 10.5. The van der Waals surface area contributed by atoms with Crippen molar-refractivity contribution in [3.05, 3.63) is 60.7 Å². The van der Waals surface area contributed by atoms with Crippen LogP contribution in [0.2, 0.25) is 0 Å². The molecule has 0 radical (unpaired) electrons. The summed E-state index contributed by atoms with van der Waals surface area (Å²) in [6, 6.07) is 22.0. The van der Waals surface area contributed by atoms with Gasteiger partial charge in [0.15, 0.2) is 0 Å². The Morgan fingerprint density at radius 2 is 0.900 bits per heavy atom. The molecule has 4 unspecified atom stereocenters. The van der Waals surface area contributed by atoms with Crippen LogP contribution in [0.4, 0.5) is 0 Å². The molecule has 4 atom stereocenters. The van der Waals surface area contributed by atoms with Gasteiger partial charge in [-0.3, -0.25) is 0 Å². The van der Waals surface area contributed by atoms with Gasteiger partial charge in [0.2, 0.25) is 0 Å². The summed E-state index contributed by atoms with van der Waals surface area (Å²) in [5, 5.41) is 3.05. The zero-order valence-corrected chi connectivity index (χ0v) is 14.6. The Kier molecular flexibility index (Phi) is 5.76. The molecule has 0 saturated heterocycles. The molecule has 0 spiro atoms. The highest BCUT2D eigenvalue weighted by molar-refractivity contribution is 7.69. The molecule has 0 aliphatic carbocycles. The van der Waals surface area contributed by atoms with Crippen LogP contribution in [-0.4, -0.2) is 24.6 Å². The molecule has 0 saturated carbocycles. The lowest BCUT2D eigenvalue weighted by molar-refractivity contribution is 0.908. The maximum absolute atomic E-state index is 2.44. The van der Waals surface area contributed by atoms with Crippen molar-refractivity contribution in [2.75, 3.05) is 13.3 Å². The quantitative estimate of drug-likeness (QED) is 0.706. The van der Waals surface area contributed by atoms with Crippen molar-refractivity contribution in [3.63, 3.8) is 0 Å². The van der Waals surface area contributed by atoms with Gasteiger partial charge < -0.3 is 0 Å². The third kappa shape index (κ3) is 3.69. The van der Waals surface area contributed by atoms with Gasteiger partial charge in [0.25, 0.3) is 0 Å². The average Bonchev–Trinajstić information content (AvgIpc) is 2.53. The van der Waals surface area contributed by atoms with E-state index in [0.29, 0.717) is 0 Å². The molecule has 0 amide bonds.